The molecule has 3 aromatic rings. The van der Waals surface area contributed by atoms with Crippen molar-refractivity contribution in [2.75, 3.05) is 5.32 Å². The Hall–Kier alpha value is -1.72. The molecule has 0 amide bonds. The van der Waals surface area contributed by atoms with Crippen molar-refractivity contribution >= 4 is 44.7 Å². The summed E-state index contributed by atoms with van der Waals surface area (Å²) in [7, 11) is 0. The molecule has 19 heavy (non-hydrogen) atoms. The van der Waals surface area contributed by atoms with E-state index in [9.17, 15) is 4.39 Å². The number of hydrogen-bond donors (Lipinski definition) is 1. The maximum Gasteiger partial charge on any atom is 0.225 e. The van der Waals surface area contributed by atoms with Gasteiger partial charge >= 0.3 is 0 Å². The van der Waals surface area contributed by atoms with Crippen molar-refractivity contribution in [3.05, 3.63) is 46.3 Å². The van der Waals surface area contributed by atoms with Crippen molar-refractivity contribution in [2.24, 2.45) is 0 Å². The number of aromatic nitrogens is 2. The lowest BCUT2D eigenvalue weighted by molar-refractivity contribution is 0.628. The first kappa shape index (κ1) is 12.3. The van der Waals surface area contributed by atoms with Gasteiger partial charge in [-0.15, -0.1) is 11.3 Å². The molecule has 2 heterocycles. The van der Waals surface area contributed by atoms with Gasteiger partial charge < -0.3 is 5.32 Å². The minimum absolute atomic E-state index is 0.174. The number of nitrogens with one attached hydrogen (secondary N) is 1. The Labute approximate surface area is 118 Å². The molecule has 3 nitrogen and oxygen atoms in total. The van der Waals surface area contributed by atoms with E-state index in [0.717, 1.165) is 15.1 Å². The van der Waals surface area contributed by atoms with Gasteiger partial charge in [-0.25, -0.2) is 9.37 Å². The Bertz CT molecular complexity index is 757. The minimum Gasteiger partial charge on any atom is -0.339 e. The van der Waals surface area contributed by atoms with Crippen LogP contribution < -0.4 is 5.32 Å². The van der Waals surface area contributed by atoms with Gasteiger partial charge in [0.15, 0.2) is 0 Å². The van der Waals surface area contributed by atoms with E-state index in [4.69, 9.17) is 11.6 Å². The van der Waals surface area contributed by atoms with Gasteiger partial charge in [-0.1, -0.05) is 6.07 Å². The molecule has 2 aromatic heterocycles. The molecule has 0 spiro atoms. The molecular weight excluding hydrogens is 285 g/mol. The van der Waals surface area contributed by atoms with Gasteiger partial charge in [-0.05, 0) is 42.8 Å². The summed E-state index contributed by atoms with van der Waals surface area (Å²) in [6.07, 6.45) is 0. The van der Waals surface area contributed by atoms with Gasteiger partial charge in [0.2, 0.25) is 5.28 Å². The summed E-state index contributed by atoms with van der Waals surface area (Å²) in [6, 6.07) is 8.18. The number of hydrogen-bond acceptors (Lipinski definition) is 4. The average molecular weight is 294 g/mol. The zero-order valence-corrected chi connectivity index (χ0v) is 11.5. The summed E-state index contributed by atoms with van der Waals surface area (Å²) in [6.45, 7) is 1.99. The van der Waals surface area contributed by atoms with Crippen molar-refractivity contribution in [2.45, 2.75) is 6.92 Å². The molecule has 0 fully saturated rings. The molecule has 6 heteroatoms. The molecule has 1 aromatic carbocycles. The van der Waals surface area contributed by atoms with Crippen molar-refractivity contribution in [1.82, 2.24) is 9.97 Å². The van der Waals surface area contributed by atoms with Gasteiger partial charge in [0.05, 0.1) is 5.39 Å². The topological polar surface area (TPSA) is 37.8 Å². The smallest absolute Gasteiger partial charge is 0.225 e. The third kappa shape index (κ3) is 2.52. The average Bonchev–Trinajstić information content (AvgIpc) is 2.69. The molecule has 0 aliphatic carbocycles. The quantitative estimate of drug-likeness (QED) is 0.705. The first-order valence-electron chi connectivity index (χ1n) is 5.58. The maximum atomic E-state index is 13.2. The van der Waals surface area contributed by atoms with E-state index in [-0.39, 0.29) is 11.1 Å². The third-order valence-corrected chi connectivity index (χ3v) is 3.69. The second-order valence-corrected chi connectivity index (χ2v) is 5.63. The predicted molar refractivity (Wildman–Crippen MR) is 76.8 cm³/mol. The van der Waals surface area contributed by atoms with Gasteiger partial charge in [-0.3, -0.25) is 0 Å². The van der Waals surface area contributed by atoms with Crippen molar-refractivity contribution in [3.63, 3.8) is 0 Å². The Morgan fingerprint density at radius 2 is 2.11 bits per heavy atom. The highest BCUT2D eigenvalue weighted by atomic mass is 35.5. The van der Waals surface area contributed by atoms with Crippen LogP contribution in [0.4, 0.5) is 15.9 Å². The number of fused-ring (bicyclic) bond motifs is 1. The normalized spacial score (nSPS) is 10.9. The lowest BCUT2D eigenvalue weighted by atomic mass is 10.3. The highest BCUT2D eigenvalue weighted by Gasteiger charge is 2.10. The lowest BCUT2D eigenvalue weighted by Gasteiger charge is -2.06. The van der Waals surface area contributed by atoms with Crippen molar-refractivity contribution in [3.8, 4) is 0 Å². The molecule has 0 bridgehead atoms. The standard InChI is InChI=1S/C13H9ClFN3S/c1-7-5-10-11(17-13(14)18-12(10)19-7)16-9-4-2-3-8(15)6-9/h2-6H,1H3,(H,16,17,18). The Morgan fingerprint density at radius 3 is 2.89 bits per heavy atom. The van der Waals surface area contributed by atoms with Crippen LogP contribution in [0, 0.1) is 12.7 Å². The number of halogens is 2. The Morgan fingerprint density at radius 1 is 1.26 bits per heavy atom. The summed E-state index contributed by atoms with van der Waals surface area (Å²) in [5.74, 6) is 0.285. The number of rotatable bonds is 2. The van der Waals surface area contributed by atoms with Crippen LogP contribution in [0.3, 0.4) is 0 Å². The lowest BCUT2D eigenvalue weighted by Crippen LogP contribution is -1.96. The van der Waals surface area contributed by atoms with Crippen LogP contribution in [-0.4, -0.2) is 9.97 Å². The van der Waals surface area contributed by atoms with E-state index in [1.54, 1.807) is 23.5 Å². The second-order valence-electron chi connectivity index (χ2n) is 4.05. The molecule has 0 saturated heterocycles. The summed E-state index contributed by atoms with van der Waals surface area (Å²) >= 11 is 7.45. The van der Waals surface area contributed by atoms with E-state index in [2.05, 4.69) is 15.3 Å². The van der Waals surface area contributed by atoms with Crippen LogP contribution in [0.25, 0.3) is 10.2 Å². The number of nitrogens with zero attached hydrogens (tertiary/aromatic N) is 2. The number of benzene rings is 1. The predicted octanol–water partition coefficient (Wildman–Crippen LogP) is 4.54. The van der Waals surface area contributed by atoms with Crippen LogP contribution in [-0.2, 0) is 0 Å². The van der Waals surface area contributed by atoms with E-state index in [1.807, 2.05) is 13.0 Å². The van der Waals surface area contributed by atoms with Crippen LogP contribution >= 0.6 is 22.9 Å². The van der Waals surface area contributed by atoms with Crippen molar-refractivity contribution < 1.29 is 4.39 Å². The summed E-state index contributed by atoms with van der Waals surface area (Å²) in [5.41, 5.74) is 0.625. The molecule has 1 N–H and O–H groups in total. The van der Waals surface area contributed by atoms with E-state index in [1.165, 1.54) is 12.1 Å². The van der Waals surface area contributed by atoms with Crippen LogP contribution in [0.15, 0.2) is 30.3 Å². The highest BCUT2D eigenvalue weighted by molar-refractivity contribution is 7.18. The van der Waals surface area contributed by atoms with Crippen LogP contribution in [0.2, 0.25) is 5.28 Å². The molecule has 0 atom stereocenters. The molecule has 0 aliphatic rings. The zero-order chi connectivity index (χ0) is 13.4. The Kier molecular flexibility index (Phi) is 3.08. The van der Waals surface area contributed by atoms with E-state index >= 15 is 0 Å². The molecule has 0 unspecified atom stereocenters. The van der Waals surface area contributed by atoms with Crippen LogP contribution in [0.5, 0.6) is 0 Å². The molecule has 0 saturated carbocycles. The van der Waals surface area contributed by atoms with Gasteiger partial charge in [-0.2, -0.15) is 4.98 Å². The fourth-order valence-electron chi connectivity index (χ4n) is 1.81. The summed E-state index contributed by atoms with van der Waals surface area (Å²) in [4.78, 5) is 10.3. The van der Waals surface area contributed by atoms with E-state index < -0.39 is 0 Å². The zero-order valence-electron chi connectivity index (χ0n) is 9.95. The fraction of sp³-hybridized carbons (Fsp3) is 0.0769. The van der Waals surface area contributed by atoms with Crippen LogP contribution in [0.1, 0.15) is 4.88 Å². The third-order valence-electron chi connectivity index (χ3n) is 2.58. The second kappa shape index (κ2) is 4.75. The number of aryl methyl sites for hydroxylation is 1. The highest BCUT2D eigenvalue weighted by Crippen LogP contribution is 2.31. The maximum absolute atomic E-state index is 13.2. The number of anilines is 2. The SMILES string of the molecule is Cc1cc2c(Nc3cccc(F)c3)nc(Cl)nc2s1. The van der Waals surface area contributed by atoms with Gasteiger partial charge in [0.1, 0.15) is 16.5 Å². The largest absolute Gasteiger partial charge is 0.339 e. The van der Waals surface area contributed by atoms with Gasteiger partial charge in [0.25, 0.3) is 0 Å². The molecule has 0 radical (unpaired) electrons. The molecule has 0 aliphatic heterocycles. The first-order valence-corrected chi connectivity index (χ1v) is 6.77. The molecule has 96 valence electrons. The fourth-order valence-corrected chi connectivity index (χ4v) is 2.91. The van der Waals surface area contributed by atoms with Gasteiger partial charge in [0, 0.05) is 10.6 Å². The summed E-state index contributed by atoms with van der Waals surface area (Å²) < 4.78 is 13.2. The Balaban J connectivity index is 2.09. The first-order chi connectivity index (χ1) is 9.11. The van der Waals surface area contributed by atoms with Crippen molar-refractivity contribution in [1.29, 1.82) is 0 Å². The molecule has 3 rings (SSSR count). The number of thiophene rings is 1. The molecular formula is C13H9ClFN3S. The monoisotopic (exact) mass is 293 g/mol. The minimum atomic E-state index is -0.303. The summed E-state index contributed by atoms with van der Waals surface area (Å²) in [5, 5.41) is 4.13. The van der Waals surface area contributed by atoms with E-state index in [0.29, 0.717) is 11.5 Å².